The van der Waals surface area contributed by atoms with E-state index in [4.69, 9.17) is 9.84 Å². The first kappa shape index (κ1) is 24.5. The van der Waals surface area contributed by atoms with E-state index in [9.17, 15) is 34.1 Å². The number of amides is 1. The van der Waals surface area contributed by atoms with Crippen molar-refractivity contribution in [3.8, 4) is 0 Å². The predicted octanol–water partition coefficient (Wildman–Crippen LogP) is 1.94. The summed E-state index contributed by atoms with van der Waals surface area (Å²) in [5, 5.41) is 22.2. The van der Waals surface area contributed by atoms with Crippen molar-refractivity contribution in [1.82, 2.24) is 5.32 Å². The number of nitrogens with one attached hydrogen (secondary N) is 1. The molecule has 1 aromatic carbocycles. The third-order valence-corrected chi connectivity index (χ3v) is 4.82. The fourth-order valence-corrected chi connectivity index (χ4v) is 3.28. The lowest BCUT2D eigenvalue weighted by molar-refractivity contribution is -0.383. The number of ether oxygens (including phenoxy) is 1. The first-order valence-corrected chi connectivity index (χ1v) is 10.3. The van der Waals surface area contributed by atoms with Gasteiger partial charge in [0, 0.05) is 12.1 Å². The predicted molar refractivity (Wildman–Crippen MR) is 103 cm³/mol. The van der Waals surface area contributed by atoms with Crippen LogP contribution in [-0.2, 0) is 20.5 Å². The Morgan fingerprint density at radius 2 is 1.90 bits per heavy atom. The molecule has 0 spiro atoms. The molecule has 0 aliphatic heterocycles. The molecule has 0 saturated heterocycles. The molecule has 1 rings (SSSR count). The zero-order valence-corrected chi connectivity index (χ0v) is 17.4. The van der Waals surface area contributed by atoms with Crippen LogP contribution in [0.2, 0.25) is 0 Å². The minimum atomic E-state index is -4.85. The van der Waals surface area contributed by atoms with Crippen LogP contribution in [0.5, 0.6) is 0 Å². The first-order chi connectivity index (χ1) is 13.1. The summed E-state index contributed by atoms with van der Waals surface area (Å²) >= 11 is 0. The second-order valence-electron chi connectivity index (χ2n) is 7.65. The molecule has 11 nitrogen and oxygen atoms in total. The Hall–Kier alpha value is -2.49. The van der Waals surface area contributed by atoms with Crippen molar-refractivity contribution in [2.24, 2.45) is 5.92 Å². The highest BCUT2D eigenvalue weighted by molar-refractivity contribution is 7.60. The van der Waals surface area contributed by atoms with Gasteiger partial charge in [-0.25, -0.2) is 4.79 Å². The molecular formula is C17H25N2O9P. The van der Waals surface area contributed by atoms with Gasteiger partial charge in [0.05, 0.1) is 10.8 Å². The number of nitro groups is 1. The van der Waals surface area contributed by atoms with E-state index in [1.54, 1.807) is 20.8 Å². The average Bonchev–Trinajstić information content (AvgIpc) is 2.51. The van der Waals surface area contributed by atoms with E-state index in [2.05, 4.69) is 5.32 Å². The second-order valence-corrected chi connectivity index (χ2v) is 9.22. The van der Waals surface area contributed by atoms with Crippen LogP contribution in [0.3, 0.4) is 0 Å². The van der Waals surface area contributed by atoms with E-state index >= 15 is 0 Å². The Kier molecular flexibility index (Phi) is 7.90. The molecule has 1 aromatic rings. The van der Waals surface area contributed by atoms with Crippen molar-refractivity contribution in [3.63, 3.8) is 0 Å². The SMILES string of the molecule is CC(C[C@H](Cc1ccc(P(=O)(O)O)c([N+](=O)[O-])c1)NC(=O)OC(C)(C)C)C(=O)O. The highest BCUT2D eigenvalue weighted by Crippen LogP contribution is 2.37. The van der Waals surface area contributed by atoms with E-state index < -0.39 is 53.1 Å². The van der Waals surface area contributed by atoms with Crippen LogP contribution in [-0.4, -0.2) is 43.5 Å². The van der Waals surface area contributed by atoms with Gasteiger partial charge in [0.25, 0.3) is 5.69 Å². The molecule has 1 unspecified atom stereocenters. The van der Waals surface area contributed by atoms with Crippen LogP contribution in [0.4, 0.5) is 10.5 Å². The lowest BCUT2D eigenvalue weighted by Gasteiger charge is -2.24. The maximum absolute atomic E-state index is 12.1. The summed E-state index contributed by atoms with van der Waals surface area (Å²) in [5.41, 5.74) is -1.23. The van der Waals surface area contributed by atoms with Crippen LogP contribution in [0.1, 0.15) is 39.7 Å². The van der Waals surface area contributed by atoms with E-state index in [0.29, 0.717) is 5.56 Å². The number of aliphatic carboxylic acids is 1. The Bertz CT molecular complexity index is 829. The van der Waals surface area contributed by atoms with Crippen LogP contribution in [0.15, 0.2) is 18.2 Å². The number of carbonyl (C=O) groups is 2. The molecule has 0 aliphatic rings. The molecule has 2 atom stereocenters. The third-order valence-electron chi connectivity index (χ3n) is 3.81. The van der Waals surface area contributed by atoms with E-state index in [-0.39, 0.29) is 12.8 Å². The fraction of sp³-hybridized carbons (Fsp3) is 0.529. The number of carbonyl (C=O) groups excluding carboxylic acids is 1. The topological polar surface area (TPSA) is 176 Å². The van der Waals surface area contributed by atoms with E-state index in [1.807, 2.05) is 0 Å². The van der Waals surface area contributed by atoms with Crippen molar-refractivity contribution in [2.75, 3.05) is 0 Å². The maximum Gasteiger partial charge on any atom is 0.407 e. The summed E-state index contributed by atoms with van der Waals surface area (Å²) in [4.78, 5) is 52.1. The van der Waals surface area contributed by atoms with E-state index in [0.717, 1.165) is 12.1 Å². The number of nitro benzene ring substituents is 1. The Labute approximate surface area is 167 Å². The highest BCUT2D eigenvalue weighted by atomic mass is 31.2. The summed E-state index contributed by atoms with van der Waals surface area (Å²) in [7, 11) is -4.85. The van der Waals surface area contributed by atoms with E-state index in [1.165, 1.54) is 13.0 Å². The largest absolute Gasteiger partial charge is 0.481 e. The summed E-state index contributed by atoms with van der Waals surface area (Å²) in [6, 6.07) is 2.51. The number of alkyl carbamates (subject to hydrolysis) is 1. The van der Waals surface area contributed by atoms with Gasteiger partial charge in [-0.3, -0.25) is 19.5 Å². The van der Waals surface area contributed by atoms with Crippen LogP contribution >= 0.6 is 7.60 Å². The highest BCUT2D eigenvalue weighted by Gasteiger charge is 2.30. The zero-order valence-electron chi connectivity index (χ0n) is 16.5. The third kappa shape index (κ3) is 8.18. The molecule has 0 bridgehead atoms. The number of rotatable bonds is 8. The maximum atomic E-state index is 12.1. The molecule has 1 amide bonds. The number of benzene rings is 1. The lowest BCUT2D eigenvalue weighted by atomic mass is 9.96. The summed E-state index contributed by atoms with van der Waals surface area (Å²) < 4.78 is 16.6. The van der Waals surface area contributed by atoms with Crippen molar-refractivity contribution >= 4 is 30.7 Å². The first-order valence-electron chi connectivity index (χ1n) is 8.66. The van der Waals surface area contributed by atoms with Gasteiger partial charge in [0.15, 0.2) is 0 Å². The van der Waals surface area contributed by atoms with Gasteiger partial charge in [0.1, 0.15) is 10.9 Å². The Morgan fingerprint density at radius 3 is 2.34 bits per heavy atom. The van der Waals surface area contributed by atoms with Gasteiger partial charge >= 0.3 is 19.7 Å². The molecular weight excluding hydrogens is 407 g/mol. The normalized spacial score (nSPS) is 14.0. The van der Waals surface area contributed by atoms with Gasteiger partial charge < -0.3 is 24.9 Å². The van der Waals surface area contributed by atoms with Crippen molar-refractivity contribution in [3.05, 3.63) is 33.9 Å². The number of carboxylic acids is 1. The molecule has 4 N–H and O–H groups in total. The Morgan fingerprint density at radius 1 is 1.31 bits per heavy atom. The van der Waals surface area contributed by atoms with Gasteiger partial charge in [-0.1, -0.05) is 13.0 Å². The Balaban J connectivity index is 3.16. The quantitative estimate of drug-likeness (QED) is 0.271. The molecule has 0 saturated carbocycles. The van der Waals surface area contributed by atoms with Crippen LogP contribution in [0, 0.1) is 16.0 Å². The summed E-state index contributed by atoms with van der Waals surface area (Å²) in [6.45, 7) is 6.42. The zero-order chi connectivity index (χ0) is 22.6. The molecule has 0 heterocycles. The second kappa shape index (κ2) is 9.34. The number of nitrogens with zero attached hydrogens (tertiary/aromatic N) is 1. The number of carboxylic acid groups (broad SMARTS) is 1. The average molecular weight is 432 g/mol. The fourth-order valence-electron chi connectivity index (χ4n) is 2.57. The van der Waals surface area contributed by atoms with Crippen molar-refractivity contribution in [1.29, 1.82) is 0 Å². The van der Waals surface area contributed by atoms with Crippen molar-refractivity contribution in [2.45, 2.75) is 52.2 Å². The molecule has 0 fully saturated rings. The lowest BCUT2D eigenvalue weighted by Crippen LogP contribution is -2.41. The minimum Gasteiger partial charge on any atom is -0.481 e. The molecule has 0 radical (unpaired) electrons. The van der Waals surface area contributed by atoms with Crippen LogP contribution < -0.4 is 10.6 Å². The van der Waals surface area contributed by atoms with Crippen molar-refractivity contribution < 1.29 is 38.7 Å². The summed E-state index contributed by atoms with van der Waals surface area (Å²) in [5.74, 6) is -1.90. The molecule has 0 aromatic heterocycles. The van der Waals surface area contributed by atoms with Crippen LogP contribution in [0.25, 0.3) is 0 Å². The number of hydrogen-bond acceptors (Lipinski definition) is 6. The smallest absolute Gasteiger partial charge is 0.407 e. The van der Waals surface area contributed by atoms with Gasteiger partial charge in [-0.2, -0.15) is 0 Å². The minimum absolute atomic E-state index is 0.000852. The van der Waals surface area contributed by atoms with Gasteiger partial charge in [-0.05, 0) is 45.2 Å². The standard InChI is InChI=1S/C17H25N2O9P/c1-10(15(20)21)7-12(18-16(22)28-17(2,3)4)8-11-5-6-14(29(25,26)27)13(9-11)19(23)24/h5-6,9-10,12H,7-8H2,1-4H3,(H,18,22)(H,20,21)(H2,25,26,27)/t10?,12-/m1/s1. The monoisotopic (exact) mass is 432 g/mol. The number of hydrogen-bond donors (Lipinski definition) is 4. The molecule has 0 aliphatic carbocycles. The van der Waals surface area contributed by atoms with Gasteiger partial charge in [0.2, 0.25) is 0 Å². The molecule has 12 heteroatoms. The summed E-state index contributed by atoms with van der Waals surface area (Å²) in [6.07, 6.45) is -0.761. The molecule has 29 heavy (non-hydrogen) atoms. The van der Waals surface area contributed by atoms with Gasteiger partial charge in [-0.15, -0.1) is 0 Å². The molecule has 162 valence electrons.